The summed E-state index contributed by atoms with van der Waals surface area (Å²) in [6.07, 6.45) is 1.95. The number of carbonyl (C=O) groups is 2. The second kappa shape index (κ2) is 12.0. The third kappa shape index (κ3) is 7.57. The van der Waals surface area contributed by atoms with Gasteiger partial charge in [0.1, 0.15) is 6.42 Å². The number of halogens is 2. The number of carbonyl (C=O) groups excluding carboxylic acids is 2. The van der Waals surface area contributed by atoms with Crippen LogP contribution in [0.25, 0.3) is 0 Å². The van der Waals surface area contributed by atoms with E-state index in [2.05, 4.69) is 15.8 Å². The number of amides is 2. The zero-order valence-corrected chi connectivity index (χ0v) is 18.2. The number of rotatable bonds is 10. The van der Waals surface area contributed by atoms with Gasteiger partial charge in [-0.2, -0.15) is 5.10 Å². The van der Waals surface area contributed by atoms with E-state index in [9.17, 15) is 9.59 Å². The highest BCUT2D eigenvalue weighted by Crippen LogP contribution is 2.28. The Morgan fingerprint density at radius 2 is 1.80 bits per heavy atom. The Balaban J connectivity index is 1.89. The molecule has 0 fully saturated rings. The van der Waals surface area contributed by atoms with E-state index in [4.69, 9.17) is 32.7 Å². The average Bonchev–Trinajstić information content (AvgIpc) is 2.70. The van der Waals surface area contributed by atoms with E-state index in [-0.39, 0.29) is 0 Å². The maximum absolute atomic E-state index is 12.0. The molecule has 2 N–H and O–H groups in total. The summed E-state index contributed by atoms with van der Waals surface area (Å²) in [4.78, 5) is 23.9. The maximum atomic E-state index is 12.0. The molecule has 0 spiro atoms. The minimum atomic E-state index is -0.559. The fraction of sp³-hybridized carbons (Fsp3) is 0.286. The molecule has 160 valence electrons. The van der Waals surface area contributed by atoms with E-state index < -0.39 is 18.2 Å². The molecule has 0 aliphatic heterocycles. The Labute approximate surface area is 185 Å². The van der Waals surface area contributed by atoms with Crippen molar-refractivity contribution in [1.29, 1.82) is 0 Å². The summed E-state index contributed by atoms with van der Waals surface area (Å²) in [6.45, 7) is 4.99. The van der Waals surface area contributed by atoms with Crippen molar-refractivity contribution in [2.24, 2.45) is 5.10 Å². The van der Waals surface area contributed by atoms with Gasteiger partial charge in [-0.05, 0) is 55.3 Å². The lowest BCUT2D eigenvalue weighted by molar-refractivity contribution is -0.126. The molecule has 0 aliphatic rings. The maximum Gasteiger partial charge on any atom is 0.249 e. The van der Waals surface area contributed by atoms with Crippen LogP contribution in [0.4, 0.5) is 5.69 Å². The summed E-state index contributed by atoms with van der Waals surface area (Å²) in [5, 5.41) is 7.13. The van der Waals surface area contributed by atoms with Crippen LogP contribution in [0.5, 0.6) is 11.5 Å². The van der Waals surface area contributed by atoms with Gasteiger partial charge in [0.2, 0.25) is 11.8 Å². The normalized spacial score (nSPS) is 10.7. The molecule has 0 atom stereocenters. The van der Waals surface area contributed by atoms with Gasteiger partial charge in [0.15, 0.2) is 11.5 Å². The fourth-order valence-corrected chi connectivity index (χ4v) is 2.65. The lowest BCUT2D eigenvalue weighted by atomic mass is 10.2. The number of benzene rings is 2. The first-order valence-corrected chi connectivity index (χ1v) is 10.1. The molecule has 0 radical (unpaired) electrons. The molecule has 0 saturated carbocycles. The second-order valence-corrected chi connectivity index (χ2v) is 6.95. The van der Waals surface area contributed by atoms with Crippen LogP contribution in [-0.2, 0) is 9.59 Å². The number of anilines is 1. The summed E-state index contributed by atoms with van der Waals surface area (Å²) in [5.41, 5.74) is 3.47. The largest absolute Gasteiger partial charge is 0.490 e. The highest BCUT2D eigenvalue weighted by Gasteiger charge is 2.10. The number of hydrogen-bond acceptors (Lipinski definition) is 5. The van der Waals surface area contributed by atoms with Gasteiger partial charge in [0.05, 0.1) is 29.5 Å². The molecule has 0 bridgehead atoms. The summed E-state index contributed by atoms with van der Waals surface area (Å²) in [5.74, 6) is 0.190. The molecular formula is C21H23Cl2N3O4. The van der Waals surface area contributed by atoms with Crippen molar-refractivity contribution >= 4 is 46.9 Å². The lowest BCUT2D eigenvalue weighted by Gasteiger charge is -2.11. The predicted octanol–water partition coefficient (Wildman–Crippen LogP) is 4.66. The fourth-order valence-electron chi connectivity index (χ4n) is 2.35. The number of hydrogen-bond donors (Lipinski definition) is 2. The Morgan fingerprint density at radius 3 is 2.50 bits per heavy atom. The van der Waals surface area contributed by atoms with Crippen molar-refractivity contribution in [3.63, 3.8) is 0 Å². The third-order valence-corrected chi connectivity index (χ3v) is 4.40. The summed E-state index contributed by atoms with van der Waals surface area (Å²) in [7, 11) is 0. The van der Waals surface area contributed by atoms with Gasteiger partial charge in [0.25, 0.3) is 0 Å². The van der Waals surface area contributed by atoms with Gasteiger partial charge >= 0.3 is 0 Å². The first kappa shape index (κ1) is 23.5. The molecule has 2 rings (SSSR count). The quantitative estimate of drug-likeness (QED) is 0.312. The van der Waals surface area contributed by atoms with E-state index in [1.54, 1.807) is 30.3 Å². The van der Waals surface area contributed by atoms with Crippen LogP contribution in [0.3, 0.4) is 0 Å². The molecule has 2 aromatic carbocycles. The Morgan fingerprint density at radius 1 is 1.00 bits per heavy atom. The number of ether oxygens (including phenoxy) is 2. The lowest BCUT2D eigenvalue weighted by Crippen LogP contribution is -2.24. The highest BCUT2D eigenvalue weighted by molar-refractivity contribution is 6.42. The molecule has 7 nitrogen and oxygen atoms in total. The molecule has 0 aliphatic carbocycles. The van der Waals surface area contributed by atoms with E-state index in [0.29, 0.717) is 46.0 Å². The molecule has 0 heterocycles. The monoisotopic (exact) mass is 451 g/mol. The molecule has 30 heavy (non-hydrogen) atoms. The molecule has 0 saturated heterocycles. The highest BCUT2D eigenvalue weighted by atomic mass is 35.5. The molecule has 2 amide bonds. The summed E-state index contributed by atoms with van der Waals surface area (Å²) >= 11 is 11.7. The van der Waals surface area contributed by atoms with E-state index in [1.165, 1.54) is 12.3 Å². The Kier molecular flexibility index (Phi) is 9.44. The number of nitrogens with one attached hydrogen (secondary N) is 2. The van der Waals surface area contributed by atoms with Crippen LogP contribution in [-0.4, -0.2) is 31.2 Å². The summed E-state index contributed by atoms with van der Waals surface area (Å²) in [6, 6.07) is 9.99. The molecule has 0 unspecified atom stereocenters. The molecule has 0 aromatic heterocycles. The molecule has 2 aromatic rings. The first-order chi connectivity index (χ1) is 14.4. The van der Waals surface area contributed by atoms with Crippen LogP contribution in [0.1, 0.15) is 32.3 Å². The topological polar surface area (TPSA) is 89.0 Å². The SMILES string of the molecule is CCCOc1ccc(C=NNC(=O)CC(=O)Nc2ccc(Cl)c(Cl)c2)cc1OCC. The molecule has 9 heteroatoms. The van der Waals surface area contributed by atoms with Gasteiger partial charge in [-0.15, -0.1) is 0 Å². The Hall–Kier alpha value is -2.77. The van der Waals surface area contributed by atoms with Crippen LogP contribution in [0.15, 0.2) is 41.5 Å². The third-order valence-electron chi connectivity index (χ3n) is 3.66. The standard InChI is InChI=1S/C21H23Cl2N3O4/c1-3-9-30-18-8-5-14(10-19(18)29-4-2)13-24-26-21(28)12-20(27)25-15-6-7-16(22)17(23)11-15/h5-8,10-11,13H,3-4,9,12H2,1-2H3,(H,25,27)(H,26,28). The van der Waals surface area contributed by atoms with Crippen molar-refractivity contribution < 1.29 is 19.1 Å². The number of hydrazone groups is 1. The van der Waals surface area contributed by atoms with Crippen LogP contribution in [0, 0.1) is 0 Å². The van der Waals surface area contributed by atoms with Crippen molar-refractivity contribution in [3.8, 4) is 11.5 Å². The van der Waals surface area contributed by atoms with Gasteiger partial charge < -0.3 is 14.8 Å². The Bertz CT molecular complexity index is 919. The van der Waals surface area contributed by atoms with Crippen LogP contribution in [0.2, 0.25) is 10.0 Å². The second-order valence-electron chi connectivity index (χ2n) is 6.13. The van der Waals surface area contributed by atoms with Crippen molar-refractivity contribution in [1.82, 2.24) is 5.43 Å². The van der Waals surface area contributed by atoms with E-state index in [1.807, 2.05) is 13.8 Å². The average molecular weight is 452 g/mol. The van der Waals surface area contributed by atoms with Crippen LogP contribution >= 0.6 is 23.2 Å². The van der Waals surface area contributed by atoms with E-state index in [0.717, 1.165) is 6.42 Å². The van der Waals surface area contributed by atoms with Gasteiger partial charge in [-0.25, -0.2) is 5.43 Å². The first-order valence-electron chi connectivity index (χ1n) is 9.39. The predicted molar refractivity (Wildman–Crippen MR) is 119 cm³/mol. The number of nitrogens with zero attached hydrogens (tertiary/aromatic N) is 1. The van der Waals surface area contributed by atoms with Crippen molar-refractivity contribution in [3.05, 3.63) is 52.0 Å². The minimum Gasteiger partial charge on any atom is -0.490 e. The van der Waals surface area contributed by atoms with Crippen molar-refractivity contribution in [2.45, 2.75) is 26.7 Å². The smallest absolute Gasteiger partial charge is 0.249 e. The van der Waals surface area contributed by atoms with Gasteiger partial charge in [-0.1, -0.05) is 30.1 Å². The van der Waals surface area contributed by atoms with Crippen molar-refractivity contribution in [2.75, 3.05) is 18.5 Å². The summed E-state index contributed by atoms with van der Waals surface area (Å²) < 4.78 is 11.2. The van der Waals surface area contributed by atoms with Gasteiger partial charge in [-0.3, -0.25) is 9.59 Å². The minimum absolute atomic E-state index is 0.307. The van der Waals surface area contributed by atoms with Crippen LogP contribution < -0.4 is 20.2 Å². The zero-order valence-electron chi connectivity index (χ0n) is 16.7. The van der Waals surface area contributed by atoms with Gasteiger partial charge in [0, 0.05) is 5.69 Å². The molecular weight excluding hydrogens is 429 g/mol. The zero-order chi connectivity index (χ0) is 21.9. The van der Waals surface area contributed by atoms with E-state index >= 15 is 0 Å².